The Balaban J connectivity index is 1.56. The quantitative estimate of drug-likeness (QED) is 0.538. The van der Waals surface area contributed by atoms with Gasteiger partial charge >= 0.3 is 0 Å². The number of carbonyl (C=O) groups excluding carboxylic acids is 1. The molecule has 0 aliphatic rings. The summed E-state index contributed by atoms with van der Waals surface area (Å²) < 4.78 is 1.55. The lowest BCUT2D eigenvalue weighted by Gasteiger charge is -2.05. The molecule has 9 heteroatoms. The van der Waals surface area contributed by atoms with E-state index in [1.54, 1.807) is 41.3 Å². The van der Waals surface area contributed by atoms with Gasteiger partial charge in [-0.25, -0.2) is 4.68 Å². The van der Waals surface area contributed by atoms with Crippen LogP contribution in [0.25, 0.3) is 17.1 Å². The van der Waals surface area contributed by atoms with Crippen molar-refractivity contribution in [2.24, 2.45) is 0 Å². The second-order valence-corrected chi connectivity index (χ2v) is 6.39. The minimum absolute atomic E-state index is 0.245. The van der Waals surface area contributed by atoms with Gasteiger partial charge in [0, 0.05) is 12.4 Å². The number of pyridine rings is 1. The number of H-pyrrole nitrogens is 1. The zero-order chi connectivity index (χ0) is 18.8. The van der Waals surface area contributed by atoms with E-state index in [4.69, 9.17) is 23.2 Å². The van der Waals surface area contributed by atoms with E-state index in [0.717, 1.165) is 0 Å². The first kappa shape index (κ1) is 17.3. The number of nitrogens with zero attached hydrogens (tertiary/aromatic N) is 4. The summed E-state index contributed by atoms with van der Waals surface area (Å²) in [6.45, 7) is 0. The molecular weight excluding hydrogens is 387 g/mol. The maximum Gasteiger partial charge on any atom is 0.276 e. The number of aromatic nitrogens is 5. The van der Waals surface area contributed by atoms with Crippen LogP contribution in [-0.2, 0) is 0 Å². The molecule has 1 aromatic carbocycles. The molecule has 0 unspecified atom stereocenters. The van der Waals surface area contributed by atoms with Crippen LogP contribution in [0.4, 0.5) is 5.69 Å². The number of rotatable bonds is 4. The Morgan fingerprint density at radius 1 is 1.11 bits per heavy atom. The Bertz CT molecular complexity index is 1110. The van der Waals surface area contributed by atoms with E-state index in [-0.39, 0.29) is 11.6 Å². The first-order chi connectivity index (χ1) is 13.1. The molecule has 0 aliphatic heterocycles. The lowest BCUT2D eigenvalue weighted by molar-refractivity contribution is 0.102. The molecule has 0 fully saturated rings. The summed E-state index contributed by atoms with van der Waals surface area (Å²) in [7, 11) is 0. The Morgan fingerprint density at radius 3 is 2.78 bits per heavy atom. The number of nitrogens with one attached hydrogen (secondary N) is 2. The van der Waals surface area contributed by atoms with E-state index >= 15 is 0 Å². The molecule has 2 N–H and O–H groups in total. The number of hydrogen-bond acceptors (Lipinski definition) is 4. The number of hydrogen-bond donors (Lipinski definition) is 2. The van der Waals surface area contributed by atoms with Crippen LogP contribution < -0.4 is 5.32 Å². The van der Waals surface area contributed by atoms with Gasteiger partial charge in [0.25, 0.3) is 5.91 Å². The van der Waals surface area contributed by atoms with Crippen molar-refractivity contribution in [2.75, 3.05) is 5.32 Å². The molecule has 134 valence electrons. The van der Waals surface area contributed by atoms with Gasteiger partial charge in [0.15, 0.2) is 5.69 Å². The zero-order valence-corrected chi connectivity index (χ0v) is 15.2. The van der Waals surface area contributed by atoms with Crippen LogP contribution in [0.15, 0.2) is 61.1 Å². The maximum atomic E-state index is 12.6. The van der Waals surface area contributed by atoms with E-state index < -0.39 is 0 Å². The smallest absolute Gasteiger partial charge is 0.276 e. The predicted octanol–water partition coefficient (Wildman–Crippen LogP) is 4.22. The Hall–Kier alpha value is -3.16. The summed E-state index contributed by atoms with van der Waals surface area (Å²) in [4.78, 5) is 16.8. The zero-order valence-electron chi connectivity index (χ0n) is 13.7. The van der Waals surface area contributed by atoms with Crippen molar-refractivity contribution in [2.45, 2.75) is 0 Å². The third kappa shape index (κ3) is 3.55. The molecule has 4 rings (SSSR count). The fourth-order valence-electron chi connectivity index (χ4n) is 2.49. The van der Waals surface area contributed by atoms with Crippen LogP contribution in [0, 0.1) is 0 Å². The highest BCUT2D eigenvalue weighted by Crippen LogP contribution is 2.25. The van der Waals surface area contributed by atoms with Gasteiger partial charge in [0.1, 0.15) is 5.69 Å². The van der Waals surface area contributed by atoms with Gasteiger partial charge in [-0.1, -0.05) is 29.3 Å². The van der Waals surface area contributed by atoms with Crippen LogP contribution in [-0.4, -0.2) is 30.9 Å². The number of amides is 1. The highest BCUT2D eigenvalue weighted by atomic mass is 35.5. The third-order valence-electron chi connectivity index (χ3n) is 3.80. The normalized spacial score (nSPS) is 10.7. The summed E-state index contributed by atoms with van der Waals surface area (Å²) in [5, 5.41) is 14.8. The van der Waals surface area contributed by atoms with Crippen LogP contribution in [0.1, 0.15) is 10.5 Å². The Labute approximate surface area is 164 Å². The van der Waals surface area contributed by atoms with Gasteiger partial charge in [-0.3, -0.25) is 14.9 Å². The number of aromatic amines is 1. The summed E-state index contributed by atoms with van der Waals surface area (Å²) >= 11 is 12.0. The van der Waals surface area contributed by atoms with Crippen molar-refractivity contribution in [3.8, 4) is 17.1 Å². The van der Waals surface area contributed by atoms with E-state index in [1.807, 2.05) is 18.2 Å². The monoisotopic (exact) mass is 398 g/mol. The number of halogens is 2. The van der Waals surface area contributed by atoms with Crippen molar-refractivity contribution in [3.63, 3.8) is 0 Å². The molecule has 4 aromatic rings. The van der Waals surface area contributed by atoms with Crippen LogP contribution >= 0.6 is 23.2 Å². The molecule has 27 heavy (non-hydrogen) atoms. The Kier molecular flexibility index (Phi) is 4.62. The van der Waals surface area contributed by atoms with Crippen LogP contribution in [0.2, 0.25) is 10.0 Å². The van der Waals surface area contributed by atoms with Crippen molar-refractivity contribution in [1.29, 1.82) is 0 Å². The van der Waals surface area contributed by atoms with Crippen molar-refractivity contribution in [3.05, 3.63) is 76.8 Å². The molecular formula is C18H12Cl2N6O. The van der Waals surface area contributed by atoms with E-state index in [2.05, 4.69) is 25.6 Å². The van der Waals surface area contributed by atoms with Gasteiger partial charge in [-0.05, 0) is 36.4 Å². The molecule has 3 aromatic heterocycles. The largest absolute Gasteiger partial charge is 0.317 e. The molecule has 0 bridgehead atoms. The minimum atomic E-state index is -0.368. The summed E-state index contributed by atoms with van der Waals surface area (Å²) in [5.41, 5.74) is 2.75. The molecule has 0 radical (unpaired) electrons. The molecule has 1 amide bonds. The molecule has 0 saturated heterocycles. The summed E-state index contributed by atoms with van der Waals surface area (Å²) in [6.07, 6.45) is 4.86. The van der Waals surface area contributed by atoms with Gasteiger partial charge in [0.2, 0.25) is 0 Å². The highest BCUT2D eigenvalue weighted by Gasteiger charge is 2.15. The van der Waals surface area contributed by atoms with E-state index in [1.165, 1.54) is 6.20 Å². The average Bonchev–Trinajstić information content (AvgIpc) is 3.34. The molecule has 0 atom stereocenters. The lowest BCUT2D eigenvalue weighted by atomic mass is 10.2. The van der Waals surface area contributed by atoms with E-state index in [0.29, 0.717) is 32.8 Å². The van der Waals surface area contributed by atoms with E-state index in [9.17, 15) is 4.79 Å². The first-order valence-corrected chi connectivity index (χ1v) is 8.64. The van der Waals surface area contributed by atoms with Crippen molar-refractivity contribution in [1.82, 2.24) is 25.0 Å². The summed E-state index contributed by atoms with van der Waals surface area (Å²) in [5.74, 6) is -0.368. The maximum absolute atomic E-state index is 12.6. The standard InChI is InChI=1S/C18H12Cl2N6O/c19-12-5-4-11(9-13(12)20)26-8-6-15(25-26)18(27)23-16-10-22-24-17(16)14-3-1-2-7-21-14/h1-10H,(H,22,24)(H,23,27). The fourth-order valence-corrected chi connectivity index (χ4v) is 2.78. The predicted molar refractivity (Wildman–Crippen MR) is 103 cm³/mol. The van der Waals surface area contributed by atoms with Gasteiger partial charge < -0.3 is 5.32 Å². The van der Waals surface area contributed by atoms with Crippen molar-refractivity contribution < 1.29 is 4.79 Å². The van der Waals surface area contributed by atoms with Crippen LogP contribution in [0.3, 0.4) is 0 Å². The SMILES string of the molecule is O=C(Nc1cn[nH]c1-c1ccccn1)c1ccn(-c2ccc(Cl)c(Cl)c2)n1. The summed E-state index contributed by atoms with van der Waals surface area (Å²) in [6, 6.07) is 12.2. The first-order valence-electron chi connectivity index (χ1n) is 7.89. The van der Waals surface area contributed by atoms with Gasteiger partial charge in [-0.2, -0.15) is 10.2 Å². The third-order valence-corrected chi connectivity index (χ3v) is 4.54. The second-order valence-electron chi connectivity index (χ2n) is 5.57. The number of benzene rings is 1. The molecule has 3 heterocycles. The number of anilines is 1. The minimum Gasteiger partial charge on any atom is -0.317 e. The molecule has 0 aliphatic carbocycles. The lowest BCUT2D eigenvalue weighted by Crippen LogP contribution is -2.13. The average molecular weight is 399 g/mol. The van der Waals surface area contributed by atoms with Gasteiger partial charge in [-0.15, -0.1) is 0 Å². The molecule has 0 saturated carbocycles. The Morgan fingerprint density at radius 2 is 2.00 bits per heavy atom. The topological polar surface area (TPSA) is 88.5 Å². The van der Waals surface area contributed by atoms with Crippen molar-refractivity contribution >= 4 is 34.8 Å². The highest BCUT2D eigenvalue weighted by molar-refractivity contribution is 6.42. The fraction of sp³-hybridized carbons (Fsp3) is 0. The number of carbonyl (C=O) groups is 1. The van der Waals surface area contributed by atoms with Gasteiger partial charge in [0.05, 0.1) is 33.3 Å². The molecule has 7 nitrogen and oxygen atoms in total. The molecule has 0 spiro atoms. The second kappa shape index (κ2) is 7.22. The van der Waals surface area contributed by atoms with Crippen LogP contribution in [0.5, 0.6) is 0 Å².